The van der Waals surface area contributed by atoms with E-state index in [4.69, 9.17) is 14.5 Å². The number of fused-ring (bicyclic) bond motifs is 3. The molecule has 0 aliphatic carbocycles. The molecule has 39 heavy (non-hydrogen) atoms. The fraction of sp³-hybridized carbons (Fsp3) is 0.375. The zero-order valence-electron chi connectivity index (χ0n) is 22.7. The van der Waals surface area contributed by atoms with Crippen molar-refractivity contribution in [3.63, 3.8) is 0 Å². The van der Waals surface area contributed by atoms with E-state index in [2.05, 4.69) is 13.8 Å². The number of pyridine rings is 1. The number of aliphatic hydroxyl groups excluding tert-OH is 2. The molecule has 0 unspecified atom stereocenters. The monoisotopic (exact) mass is 533 g/mol. The topological polar surface area (TPSA) is 88.9 Å². The predicted octanol–water partition coefficient (Wildman–Crippen LogP) is 6.08. The van der Waals surface area contributed by atoms with Crippen molar-refractivity contribution >= 4 is 12.0 Å². The van der Waals surface area contributed by atoms with E-state index in [1.54, 1.807) is 18.2 Å². The molecule has 2 atom stereocenters. The van der Waals surface area contributed by atoms with Crippen molar-refractivity contribution in [3.05, 3.63) is 77.2 Å². The van der Waals surface area contributed by atoms with E-state index in [9.17, 15) is 19.4 Å². The van der Waals surface area contributed by atoms with E-state index in [-0.39, 0.29) is 24.6 Å². The number of hydrogen-bond acceptors (Lipinski definition) is 6. The standard InChI is InChI=1S/C32H36FNO5/c1-4-16-39-29(37)19-24(36)18-23(35)13-14-26-30(21-9-11-22(33)12-10-21)27-15-17-38-28-8-6-5-7-25(28)32(27)34-31(26)20(2)3/h5-14,20,23-24,35-36H,4,15-19H2,1-3H3/b14-13+/t23-,24-/m1/s1. The Hall–Kier alpha value is -3.55. The average molecular weight is 534 g/mol. The van der Waals surface area contributed by atoms with Crippen LogP contribution in [-0.2, 0) is 16.0 Å². The van der Waals surface area contributed by atoms with Crippen LogP contribution in [0.15, 0.2) is 54.6 Å². The van der Waals surface area contributed by atoms with Crippen molar-refractivity contribution in [1.82, 2.24) is 4.98 Å². The van der Waals surface area contributed by atoms with Crippen LogP contribution in [0.3, 0.4) is 0 Å². The van der Waals surface area contributed by atoms with E-state index >= 15 is 0 Å². The van der Waals surface area contributed by atoms with Gasteiger partial charge >= 0.3 is 5.97 Å². The van der Waals surface area contributed by atoms with Gasteiger partial charge in [0.1, 0.15) is 11.6 Å². The van der Waals surface area contributed by atoms with Crippen LogP contribution in [-0.4, -0.2) is 46.6 Å². The van der Waals surface area contributed by atoms with Gasteiger partial charge in [-0.25, -0.2) is 4.39 Å². The van der Waals surface area contributed by atoms with Gasteiger partial charge in [0.25, 0.3) is 0 Å². The van der Waals surface area contributed by atoms with Crippen molar-refractivity contribution in [1.29, 1.82) is 0 Å². The molecule has 1 aliphatic heterocycles. The van der Waals surface area contributed by atoms with Gasteiger partial charge in [-0.15, -0.1) is 0 Å². The van der Waals surface area contributed by atoms with Crippen LogP contribution in [0.2, 0.25) is 0 Å². The molecule has 1 aromatic heterocycles. The van der Waals surface area contributed by atoms with E-state index in [0.29, 0.717) is 26.1 Å². The quantitative estimate of drug-likeness (QED) is 0.307. The molecule has 0 spiro atoms. The van der Waals surface area contributed by atoms with Crippen molar-refractivity contribution in [3.8, 4) is 28.1 Å². The molecule has 0 fully saturated rings. The summed E-state index contributed by atoms with van der Waals surface area (Å²) < 4.78 is 25.0. The van der Waals surface area contributed by atoms with Gasteiger partial charge in [-0.3, -0.25) is 9.78 Å². The first-order valence-electron chi connectivity index (χ1n) is 13.5. The van der Waals surface area contributed by atoms with Gasteiger partial charge in [0, 0.05) is 24.0 Å². The van der Waals surface area contributed by atoms with Gasteiger partial charge in [0.05, 0.1) is 43.2 Å². The highest BCUT2D eigenvalue weighted by atomic mass is 19.1. The third-order valence-electron chi connectivity index (χ3n) is 6.66. The number of esters is 1. The van der Waals surface area contributed by atoms with Gasteiger partial charge < -0.3 is 19.7 Å². The number of benzene rings is 2. The molecule has 206 valence electrons. The van der Waals surface area contributed by atoms with Gasteiger partial charge in [0.2, 0.25) is 0 Å². The molecule has 0 saturated heterocycles. The summed E-state index contributed by atoms with van der Waals surface area (Å²) in [6, 6.07) is 14.2. The Bertz CT molecular complexity index is 1320. The molecule has 0 radical (unpaired) electrons. The number of nitrogens with zero attached hydrogens (tertiary/aromatic N) is 1. The summed E-state index contributed by atoms with van der Waals surface area (Å²) in [6.07, 6.45) is 2.52. The maximum absolute atomic E-state index is 13.9. The van der Waals surface area contributed by atoms with Crippen molar-refractivity contribution < 1.29 is 28.9 Å². The second kappa shape index (κ2) is 13.0. The van der Waals surface area contributed by atoms with E-state index in [0.717, 1.165) is 45.0 Å². The van der Waals surface area contributed by atoms with Crippen LogP contribution in [0.25, 0.3) is 28.5 Å². The fourth-order valence-corrected chi connectivity index (χ4v) is 4.84. The number of rotatable bonds is 10. The summed E-state index contributed by atoms with van der Waals surface area (Å²) in [6.45, 7) is 6.78. The largest absolute Gasteiger partial charge is 0.493 e. The maximum atomic E-state index is 13.9. The molecule has 4 rings (SSSR count). The van der Waals surface area contributed by atoms with Crippen LogP contribution in [0, 0.1) is 5.82 Å². The molecule has 6 nitrogen and oxygen atoms in total. The minimum atomic E-state index is -1.03. The summed E-state index contributed by atoms with van der Waals surface area (Å²) in [5.41, 5.74) is 6.14. The molecule has 0 bridgehead atoms. The molecular formula is C32H36FNO5. The molecule has 0 saturated carbocycles. The van der Waals surface area contributed by atoms with E-state index in [1.807, 2.05) is 37.3 Å². The Morgan fingerprint density at radius 1 is 1.15 bits per heavy atom. The lowest BCUT2D eigenvalue weighted by atomic mass is 9.86. The fourth-order valence-electron chi connectivity index (χ4n) is 4.84. The van der Waals surface area contributed by atoms with Gasteiger partial charge in [-0.2, -0.15) is 0 Å². The summed E-state index contributed by atoms with van der Waals surface area (Å²) >= 11 is 0. The van der Waals surface area contributed by atoms with Crippen LogP contribution < -0.4 is 4.74 Å². The first kappa shape index (κ1) is 28.5. The highest BCUT2D eigenvalue weighted by Crippen LogP contribution is 2.42. The Labute approximate surface area is 229 Å². The lowest BCUT2D eigenvalue weighted by Crippen LogP contribution is -2.21. The number of aliphatic hydroxyl groups is 2. The van der Waals surface area contributed by atoms with Crippen LogP contribution in [0.1, 0.15) is 62.8 Å². The zero-order chi connectivity index (χ0) is 27.9. The van der Waals surface area contributed by atoms with Crippen LogP contribution >= 0.6 is 0 Å². The number of halogens is 1. The van der Waals surface area contributed by atoms with Gasteiger partial charge in [0.15, 0.2) is 0 Å². The SMILES string of the molecule is CCCOC(=O)C[C@H](O)C[C@H](O)/C=C/c1c(C(C)C)nc2c(c1-c1ccc(F)cc1)CCOc1ccccc1-2. The second-order valence-electron chi connectivity index (χ2n) is 10.1. The normalized spacial score (nSPS) is 14.3. The summed E-state index contributed by atoms with van der Waals surface area (Å²) in [5.74, 6) is 0.00419. The summed E-state index contributed by atoms with van der Waals surface area (Å²) in [5, 5.41) is 21.0. The number of aromatic nitrogens is 1. The first-order chi connectivity index (χ1) is 18.8. The summed E-state index contributed by atoms with van der Waals surface area (Å²) in [7, 11) is 0. The Kier molecular flexibility index (Phi) is 9.49. The number of carbonyl (C=O) groups excluding carboxylic acids is 1. The van der Waals surface area contributed by atoms with Gasteiger partial charge in [-0.05, 0) is 53.3 Å². The third-order valence-corrected chi connectivity index (χ3v) is 6.66. The highest BCUT2D eigenvalue weighted by Gasteiger charge is 2.26. The minimum Gasteiger partial charge on any atom is -0.493 e. The van der Waals surface area contributed by atoms with E-state index in [1.165, 1.54) is 12.1 Å². The van der Waals surface area contributed by atoms with Crippen molar-refractivity contribution in [2.45, 2.75) is 64.6 Å². The molecule has 2 aromatic carbocycles. The molecule has 3 aromatic rings. The lowest BCUT2D eigenvalue weighted by Gasteiger charge is -2.21. The van der Waals surface area contributed by atoms with E-state index < -0.39 is 18.2 Å². The molecule has 7 heteroatoms. The van der Waals surface area contributed by atoms with Crippen molar-refractivity contribution in [2.75, 3.05) is 13.2 Å². The number of hydrogen-bond donors (Lipinski definition) is 2. The predicted molar refractivity (Wildman–Crippen MR) is 150 cm³/mol. The second-order valence-corrected chi connectivity index (χ2v) is 10.1. The van der Waals surface area contributed by atoms with Crippen LogP contribution in [0.4, 0.5) is 4.39 Å². The molecule has 2 heterocycles. The number of para-hydroxylation sites is 1. The molecule has 2 N–H and O–H groups in total. The third kappa shape index (κ3) is 6.91. The maximum Gasteiger partial charge on any atom is 0.308 e. The molecule has 0 amide bonds. The first-order valence-corrected chi connectivity index (χ1v) is 13.5. The number of carbonyl (C=O) groups is 1. The zero-order valence-corrected chi connectivity index (χ0v) is 22.7. The summed E-state index contributed by atoms with van der Waals surface area (Å²) in [4.78, 5) is 17.0. The Morgan fingerprint density at radius 3 is 2.62 bits per heavy atom. The molecular weight excluding hydrogens is 497 g/mol. The molecule has 1 aliphatic rings. The Balaban J connectivity index is 1.77. The smallest absolute Gasteiger partial charge is 0.308 e. The average Bonchev–Trinajstić information content (AvgIpc) is 3.09. The highest BCUT2D eigenvalue weighted by molar-refractivity contribution is 5.86. The van der Waals surface area contributed by atoms with Crippen LogP contribution in [0.5, 0.6) is 5.75 Å². The van der Waals surface area contributed by atoms with Gasteiger partial charge in [-0.1, -0.05) is 57.2 Å². The Morgan fingerprint density at radius 2 is 1.90 bits per heavy atom. The lowest BCUT2D eigenvalue weighted by molar-refractivity contribution is -0.146. The minimum absolute atomic E-state index is 0.0137. The number of ether oxygens (including phenoxy) is 2. The van der Waals surface area contributed by atoms with Crippen molar-refractivity contribution in [2.24, 2.45) is 0 Å².